The predicted molar refractivity (Wildman–Crippen MR) is 224 cm³/mol. The van der Waals surface area contributed by atoms with Gasteiger partial charge in [0.25, 0.3) is 0 Å². The maximum Gasteiger partial charge on any atom is 0.154 e. The molecule has 0 spiro atoms. The van der Waals surface area contributed by atoms with Gasteiger partial charge >= 0.3 is 0 Å². The lowest BCUT2D eigenvalue weighted by atomic mass is 9.83. The predicted octanol–water partition coefficient (Wildman–Crippen LogP) is 13.5. The van der Waals surface area contributed by atoms with E-state index in [0.29, 0.717) is 18.3 Å². The van der Waals surface area contributed by atoms with Gasteiger partial charge in [0.1, 0.15) is 0 Å². The second-order valence-corrected chi connectivity index (χ2v) is 16.1. The maximum atomic E-state index is 4.91. The van der Waals surface area contributed by atoms with Crippen LogP contribution in [0.1, 0.15) is 42.9 Å². The zero-order valence-corrected chi connectivity index (χ0v) is 30.3. The summed E-state index contributed by atoms with van der Waals surface area (Å²) in [5, 5.41) is 5.82. The van der Waals surface area contributed by atoms with Crippen LogP contribution in [0.15, 0.2) is 173 Å². The molecule has 2 heterocycles. The lowest BCUT2D eigenvalue weighted by Gasteiger charge is -2.34. The smallest absolute Gasteiger partial charge is 0.154 e. The quantitative estimate of drug-likeness (QED) is 0.126. The minimum Gasteiger partial charge on any atom is -0.313 e. The second kappa shape index (κ2) is 13.8. The number of fused-ring (bicyclic) bond motifs is 6. The molecule has 4 heteroatoms. The zero-order chi connectivity index (χ0) is 35.0. The first kappa shape index (κ1) is 32.2. The van der Waals surface area contributed by atoms with Crippen molar-refractivity contribution in [2.24, 2.45) is 15.9 Å². The summed E-state index contributed by atoms with van der Waals surface area (Å²) in [6.45, 7) is 6.80. The average molecular weight is 690 g/mol. The number of aliphatic imine (C=N–C) groups is 2. The van der Waals surface area contributed by atoms with Gasteiger partial charge in [-0.15, -0.1) is 0 Å². The number of rotatable bonds is 6. The van der Waals surface area contributed by atoms with Gasteiger partial charge in [0.15, 0.2) is 5.84 Å². The van der Waals surface area contributed by atoms with Crippen LogP contribution in [-0.4, -0.2) is 12.6 Å². The van der Waals surface area contributed by atoms with Crippen molar-refractivity contribution >= 4 is 47.5 Å². The SMILES string of the molecule is C=NC(=NCc1ccc(N2C3=C(CC(C)CC3)c3c(p(-c4ccccc4)c4ccccc34)-c3ccccc32)cc1)c1ccc(-c2ccccc2)cc1. The first-order valence-corrected chi connectivity index (χ1v) is 19.6. The summed E-state index contributed by atoms with van der Waals surface area (Å²) in [5.41, 5.74) is 12.7. The number of para-hydroxylation sites is 1. The van der Waals surface area contributed by atoms with Crippen LogP contribution >= 0.6 is 7.53 Å². The molecule has 0 bridgehead atoms. The number of hydrogen-bond donors (Lipinski definition) is 0. The molecule has 9 rings (SSSR count). The molecule has 6 aromatic carbocycles. The van der Waals surface area contributed by atoms with E-state index in [1.54, 1.807) is 0 Å². The molecule has 0 fully saturated rings. The van der Waals surface area contributed by atoms with Gasteiger partial charge in [-0.05, 0) is 88.6 Å². The van der Waals surface area contributed by atoms with Crippen LogP contribution in [0, 0.1) is 5.92 Å². The number of amidine groups is 1. The maximum absolute atomic E-state index is 4.91. The Labute approximate surface area is 307 Å². The lowest BCUT2D eigenvalue weighted by Crippen LogP contribution is -2.21. The van der Waals surface area contributed by atoms with Crippen LogP contribution in [0.3, 0.4) is 0 Å². The molecular formula is C48H40N3P. The lowest BCUT2D eigenvalue weighted by molar-refractivity contribution is 0.521. The fraction of sp³-hybridized carbons (Fsp3) is 0.125. The van der Waals surface area contributed by atoms with E-state index < -0.39 is 7.53 Å². The third-order valence-electron chi connectivity index (χ3n) is 10.6. The molecule has 0 radical (unpaired) electrons. The standard InChI is InChI=1S/C48H40N3P/c1-33-21-30-44-42(31-33)46-41-18-10-12-20-45(41)52(39-15-7-4-8-16-39)47(46)40-17-9-11-19-43(40)51(44)38-28-22-34(23-29-38)32-50-48(49-2)37-26-24-36(25-27-37)35-13-5-3-6-14-35/h3-20,22-29,33H,2,21,30-32H2,1H3. The van der Waals surface area contributed by atoms with Crippen LogP contribution in [-0.2, 0) is 6.54 Å². The molecule has 1 aliphatic heterocycles. The molecular weight excluding hydrogens is 650 g/mol. The van der Waals surface area contributed by atoms with Gasteiger partial charge < -0.3 is 4.90 Å². The fourth-order valence-corrected chi connectivity index (χ4v) is 11.0. The first-order valence-electron chi connectivity index (χ1n) is 18.2. The number of anilines is 2. The van der Waals surface area contributed by atoms with Gasteiger partial charge in [-0.25, -0.2) is 4.99 Å². The van der Waals surface area contributed by atoms with Crippen molar-refractivity contribution in [1.82, 2.24) is 0 Å². The Bertz CT molecular complexity index is 2470. The summed E-state index contributed by atoms with van der Waals surface area (Å²) >= 11 is 0. The van der Waals surface area contributed by atoms with Crippen LogP contribution in [0.5, 0.6) is 0 Å². The Morgan fingerprint density at radius 3 is 2.17 bits per heavy atom. The van der Waals surface area contributed by atoms with Crippen LogP contribution in [0.25, 0.3) is 43.4 Å². The third kappa shape index (κ3) is 5.72. The van der Waals surface area contributed by atoms with Gasteiger partial charge in [0.05, 0.1) is 12.2 Å². The van der Waals surface area contributed by atoms with E-state index in [1.165, 1.54) is 72.4 Å². The van der Waals surface area contributed by atoms with Crippen molar-refractivity contribution in [2.45, 2.75) is 32.7 Å². The molecule has 0 N–H and O–H groups in total. The average Bonchev–Trinajstić information content (AvgIpc) is 3.49. The summed E-state index contributed by atoms with van der Waals surface area (Å²) < 4.78 is 0. The fourth-order valence-electron chi connectivity index (χ4n) is 8.14. The molecule has 2 aliphatic rings. The molecule has 1 aliphatic carbocycles. The molecule has 1 aromatic heterocycles. The number of nitrogens with zero attached hydrogens (tertiary/aromatic N) is 3. The van der Waals surface area contributed by atoms with Gasteiger partial charge in [0, 0.05) is 32.9 Å². The minimum atomic E-state index is -0.713. The van der Waals surface area contributed by atoms with Crippen LogP contribution in [0.2, 0.25) is 0 Å². The highest BCUT2D eigenvalue weighted by Gasteiger charge is 2.35. The first-order chi connectivity index (χ1) is 25.7. The second-order valence-electron chi connectivity index (χ2n) is 13.9. The number of allylic oxidation sites excluding steroid dienone is 2. The van der Waals surface area contributed by atoms with Crippen LogP contribution < -0.4 is 4.90 Å². The monoisotopic (exact) mass is 689 g/mol. The van der Waals surface area contributed by atoms with E-state index in [2.05, 4.69) is 175 Å². The molecule has 252 valence electrons. The van der Waals surface area contributed by atoms with E-state index in [4.69, 9.17) is 4.99 Å². The van der Waals surface area contributed by atoms with E-state index in [0.717, 1.165) is 24.0 Å². The van der Waals surface area contributed by atoms with Crippen molar-refractivity contribution in [2.75, 3.05) is 4.90 Å². The Kier molecular flexibility index (Phi) is 8.51. The van der Waals surface area contributed by atoms with Crippen LogP contribution in [0.4, 0.5) is 11.4 Å². The van der Waals surface area contributed by atoms with E-state index in [1.807, 2.05) is 6.07 Å². The molecule has 2 atom stereocenters. The Balaban J connectivity index is 1.11. The van der Waals surface area contributed by atoms with Gasteiger partial charge in [-0.3, -0.25) is 4.99 Å². The van der Waals surface area contributed by atoms with Crippen molar-refractivity contribution in [3.05, 3.63) is 180 Å². The molecule has 3 nitrogen and oxygen atoms in total. The molecule has 52 heavy (non-hydrogen) atoms. The summed E-state index contributed by atoms with van der Waals surface area (Å²) in [5.74, 6) is 1.29. The normalized spacial score (nSPS) is 15.9. The van der Waals surface area contributed by atoms with Crippen molar-refractivity contribution in [1.29, 1.82) is 0 Å². The van der Waals surface area contributed by atoms with Crippen molar-refractivity contribution < 1.29 is 0 Å². The molecule has 0 amide bonds. The highest BCUT2D eigenvalue weighted by atomic mass is 31.1. The topological polar surface area (TPSA) is 28.0 Å². The van der Waals surface area contributed by atoms with E-state index >= 15 is 0 Å². The summed E-state index contributed by atoms with van der Waals surface area (Å²) in [7, 11) is -0.713. The number of benzene rings is 6. The Morgan fingerprint density at radius 1 is 0.731 bits per heavy atom. The molecule has 0 saturated carbocycles. The minimum absolute atomic E-state index is 0.533. The summed E-state index contributed by atoms with van der Waals surface area (Å²) in [6, 6.07) is 57.4. The van der Waals surface area contributed by atoms with E-state index in [9.17, 15) is 0 Å². The van der Waals surface area contributed by atoms with Gasteiger partial charge in [0.2, 0.25) is 0 Å². The van der Waals surface area contributed by atoms with Crippen molar-refractivity contribution in [3.8, 4) is 27.3 Å². The summed E-state index contributed by atoms with van der Waals surface area (Å²) in [4.78, 5) is 11.8. The highest BCUT2D eigenvalue weighted by Crippen LogP contribution is 2.64. The molecule has 0 saturated heterocycles. The Hall–Kier alpha value is -5.76. The largest absolute Gasteiger partial charge is 0.313 e. The molecule has 2 unspecified atom stereocenters. The van der Waals surface area contributed by atoms with Crippen molar-refractivity contribution in [3.63, 3.8) is 0 Å². The van der Waals surface area contributed by atoms with E-state index in [-0.39, 0.29) is 0 Å². The van der Waals surface area contributed by atoms with Gasteiger partial charge in [-0.1, -0.05) is 154 Å². The zero-order valence-electron chi connectivity index (χ0n) is 29.4. The number of hydrogen-bond acceptors (Lipinski definition) is 2. The summed E-state index contributed by atoms with van der Waals surface area (Å²) in [6.07, 6.45) is 3.32. The third-order valence-corrected chi connectivity index (χ3v) is 13.2. The molecule has 7 aromatic rings. The highest BCUT2D eigenvalue weighted by molar-refractivity contribution is 7.65. The Morgan fingerprint density at radius 2 is 1.40 bits per heavy atom. The van der Waals surface area contributed by atoms with Gasteiger partial charge in [-0.2, -0.15) is 0 Å².